The number of carbonyl (C=O) groups excluding carboxylic acids is 1. The summed E-state index contributed by atoms with van der Waals surface area (Å²) < 4.78 is 5.12. The summed E-state index contributed by atoms with van der Waals surface area (Å²) in [4.78, 5) is 12.2. The highest BCUT2D eigenvalue weighted by molar-refractivity contribution is 6.33. The Hall–Kier alpha value is -1.71. The first kappa shape index (κ1) is 15.7. The zero-order chi connectivity index (χ0) is 15.2. The van der Waals surface area contributed by atoms with E-state index in [1.165, 1.54) is 0 Å². The Morgan fingerprint density at radius 2 is 1.81 bits per heavy atom. The van der Waals surface area contributed by atoms with Crippen LogP contribution in [0, 0.1) is 0 Å². The minimum atomic E-state index is -0.637. The molecule has 0 radical (unpaired) electrons. The predicted octanol–water partition coefficient (Wildman–Crippen LogP) is 4.71. The number of benzene rings is 2. The van der Waals surface area contributed by atoms with Crippen LogP contribution in [0.5, 0.6) is 0 Å². The van der Waals surface area contributed by atoms with Crippen molar-refractivity contribution in [2.45, 2.75) is 13.0 Å². The minimum absolute atomic E-state index is 0.313. The van der Waals surface area contributed by atoms with Crippen LogP contribution >= 0.6 is 23.2 Å². The molecule has 0 saturated heterocycles. The monoisotopic (exact) mass is 323 g/mol. The molecule has 5 heteroatoms. The highest BCUT2D eigenvalue weighted by Gasteiger charge is 2.22. The van der Waals surface area contributed by atoms with E-state index in [-0.39, 0.29) is 5.97 Å². The number of esters is 1. The van der Waals surface area contributed by atoms with Crippen molar-refractivity contribution in [3.8, 4) is 0 Å². The Labute approximate surface area is 133 Å². The largest absolute Gasteiger partial charge is 0.464 e. The highest BCUT2D eigenvalue weighted by atomic mass is 35.5. The van der Waals surface area contributed by atoms with Gasteiger partial charge in [0.25, 0.3) is 0 Å². The SMILES string of the molecule is CCOC(=O)C(Nc1ccccc1Cl)c1ccc(Cl)cc1. The van der Waals surface area contributed by atoms with Crippen molar-refractivity contribution in [2.24, 2.45) is 0 Å². The van der Waals surface area contributed by atoms with Gasteiger partial charge in [0.1, 0.15) is 0 Å². The van der Waals surface area contributed by atoms with Gasteiger partial charge >= 0.3 is 5.97 Å². The molecule has 0 heterocycles. The lowest BCUT2D eigenvalue weighted by Crippen LogP contribution is -2.23. The number of hydrogen-bond donors (Lipinski definition) is 1. The maximum atomic E-state index is 12.2. The Morgan fingerprint density at radius 3 is 2.43 bits per heavy atom. The molecule has 0 spiro atoms. The molecule has 0 aromatic heterocycles. The Morgan fingerprint density at radius 1 is 1.14 bits per heavy atom. The van der Waals surface area contributed by atoms with E-state index >= 15 is 0 Å². The van der Waals surface area contributed by atoms with E-state index in [4.69, 9.17) is 27.9 Å². The van der Waals surface area contributed by atoms with Gasteiger partial charge in [-0.25, -0.2) is 4.79 Å². The summed E-state index contributed by atoms with van der Waals surface area (Å²) in [6, 6.07) is 13.6. The third-order valence-corrected chi connectivity index (χ3v) is 3.48. The second-order valence-electron chi connectivity index (χ2n) is 4.36. The van der Waals surface area contributed by atoms with Crippen molar-refractivity contribution >= 4 is 34.9 Å². The molecule has 0 amide bonds. The molecule has 1 atom stereocenters. The zero-order valence-corrected chi connectivity index (χ0v) is 13.0. The lowest BCUT2D eigenvalue weighted by molar-refractivity contribution is -0.144. The first-order chi connectivity index (χ1) is 10.1. The average Bonchev–Trinajstić information content (AvgIpc) is 2.48. The average molecular weight is 324 g/mol. The van der Waals surface area contributed by atoms with Crippen LogP contribution in [0.2, 0.25) is 10.0 Å². The summed E-state index contributed by atoms with van der Waals surface area (Å²) in [5.41, 5.74) is 1.44. The van der Waals surface area contributed by atoms with E-state index in [2.05, 4.69) is 5.32 Å². The van der Waals surface area contributed by atoms with E-state index < -0.39 is 6.04 Å². The van der Waals surface area contributed by atoms with Crippen LogP contribution in [0.3, 0.4) is 0 Å². The van der Waals surface area contributed by atoms with Crippen LogP contribution in [-0.2, 0) is 9.53 Å². The van der Waals surface area contributed by atoms with Crippen LogP contribution in [0.25, 0.3) is 0 Å². The number of nitrogens with one attached hydrogen (secondary N) is 1. The lowest BCUT2D eigenvalue weighted by Gasteiger charge is -2.19. The number of para-hydroxylation sites is 1. The molecule has 3 nitrogen and oxygen atoms in total. The number of carbonyl (C=O) groups is 1. The molecule has 2 aromatic rings. The fourth-order valence-electron chi connectivity index (χ4n) is 1.89. The summed E-state index contributed by atoms with van der Waals surface area (Å²) in [7, 11) is 0. The zero-order valence-electron chi connectivity index (χ0n) is 11.5. The van der Waals surface area contributed by atoms with Crippen LogP contribution < -0.4 is 5.32 Å². The predicted molar refractivity (Wildman–Crippen MR) is 85.9 cm³/mol. The minimum Gasteiger partial charge on any atom is -0.464 e. The summed E-state index contributed by atoms with van der Waals surface area (Å²) in [5, 5.41) is 4.27. The Kier molecular flexibility index (Phi) is 5.48. The van der Waals surface area contributed by atoms with Crippen LogP contribution in [0.4, 0.5) is 5.69 Å². The molecule has 0 fully saturated rings. The third kappa shape index (κ3) is 4.13. The quantitative estimate of drug-likeness (QED) is 0.810. The van der Waals surface area contributed by atoms with E-state index in [1.54, 1.807) is 37.3 Å². The van der Waals surface area contributed by atoms with Gasteiger partial charge < -0.3 is 10.1 Å². The van der Waals surface area contributed by atoms with Gasteiger partial charge in [-0.3, -0.25) is 0 Å². The van der Waals surface area contributed by atoms with Gasteiger partial charge in [0.2, 0.25) is 0 Å². The summed E-state index contributed by atoms with van der Waals surface area (Å²) in [5.74, 6) is -0.361. The Bertz CT molecular complexity index is 614. The van der Waals surface area contributed by atoms with Gasteiger partial charge in [-0.2, -0.15) is 0 Å². The second-order valence-corrected chi connectivity index (χ2v) is 5.20. The molecule has 2 aromatic carbocycles. The maximum absolute atomic E-state index is 12.2. The van der Waals surface area contributed by atoms with Crippen LogP contribution in [0.15, 0.2) is 48.5 Å². The van der Waals surface area contributed by atoms with Gasteiger partial charge in [0.05, 0.1) is 17.3 Å². The van der Waals surface area contributed by atoms with Gasteiger partial charge in [-0.15, -0.1) is 0 Å². The first-order valence-corrected chi connectivity index (χ1v) is 7.30. The number of ether oxygens (including phenoxy) is 1. The van der Waals surface area contributed by atoms with E-state index in [1.807, 2.05) is 18.2 Å². The molecular formula is C16H15Cl2NO2. The molecule has 21 heavy (non-hydrogen) atoms. The standard InChI is InChI=1S/C16H15Cl2NO2/c1-2-21-16(20)15(11-7-9-12(17)10-8-11)19-14-6-4-3-5-13(14)18/h3-10,15,19H,2H2,1H3. The summed E-state index contributed by atoms with van der Waals surface area (Å²) in [6.07, 6.45) is 0. The van der Waals surface area contributed by atoms with E-state index in [0.717, 1.165) is 5.56 Å². The smallest absolute Gasteiger partial charge is 0.333 e. The fourth-order valence-corrected chi connectivity index (χ4v) is 2.21. The third-order valence-electron chi connectivity index (χ3n) is 2.90. The van der Waals surface area contributed by atoms with Gasteiger partial charge in [0.15, 0.2) is 6.04 Å². The first-order valence-electron chi connectivity index (χ1n) is 6.55. The lowest BCUT2D eigenvalue weighted by atomic mass is 10.1. The Balaban J connectivity index is 2.30. The van der Waals surface area contributed by atoms with Crippen molar-refractivity contribution in [3.05, 3.63) is 64.1 Å². The molecule has 110 valence electrons. The molecule has 1 N–H and O–H groups in total. The molecule has 1 unspecified atom stereocenters. The van der Waals surface area contributed by atoms with Crippen molar-refractivity contribution in [2.75, 3.05) is 11.9 Å². The van der Waals surface area contributed by atoms with Crippen LogP contribution in [-0.4, -0.2) is 12.6 Å². The van der Waals surface area contributed by atoms with Gasteiger partial charge in [-0.1, -0.05) is 47.5 Å². The highest BCUT2D eigenvalue weighted by Crippen LogP contribution is 2.27. The van der Waals surface area contributed by atoms with Crippen molar-refractivity contribution in [1.82, 2.24) is 0 Å². The molecule has 2 rings (SSSR count). The topological polar surface area (TPSA) is 38.3 Å². The van der Waals surface area contributed by atoms with Crippen LogP contribution in [0.1, 0.15) is 18.5 Å². The maximum Gasteiger partial charge on any atom is 0.333 e. The van der Waals surface area contributed by atoms with E-state index in [0.29, 0.717) is 22.3 Å². The number of anilines is 1. The number of halogens is 2. The van der Waals surface area contributed by atoms with Crippen molar-refractivity contribution in [3.63, 3.8) is 0 Å². The molecular weight excluding hydrogens is 309 g/mol. The molecule has 0 aliphatic heterocycles. The van der Waals surface area contributed by atoms with Gasteiger partial charge in [0, 0.05) is 5.02 Å². The number of rotatable bonds is 5. The number of hydrogen-bond acceptors (Lipinski definition) is 3. The molecule has 0 bridgehead atoms. The molecule has 0 aliphatic carbocycles. The van der Waals surface area contributed by atoms with E-state index in [9.17, 15) is 4.79 Å². The normalized spacial score (nSPS) is 11.8. The second kappa shape index (κ2) is 7.34. The summed E-state index contributed by atoms with van der Waals surface area (Å²) in [6.45, 7) is 2.08. The van der Waals surface area contributed by atoms with Crippen molar-refractivity contribution in [1.29, 1.82) is 0 Å². The van der Waals surface area contributed by atoms with Crippen molar-refractivity contribution < 1.29 is 9.53 Å². The molecule has 0 aliphatic rings. The van der Waals surface area contributed by atoms with Gasteiger partial charge in [-0.05, 0) is 36.8 Å². The fraction of sp³-hybridized carbons (Fsp3) is 0.188. The summed E-state index contributed by atoms with van der Waals surface area (Å²) >= 11 is 12.0. The molecule has 0 saturated carbocycles.